The molecule has 0 N–H and O–H groups in total. The van der Waals surface area contributed by atoms with Gasteiger partial charge in [0.25, 0.3) is 0 Å². The van der Waals surface area contributed by atoms with Crippen molar-refractivity contribution >= 4 is 5.71 Å². The number of pyridine rings is 1. The number of allylic oxidation sites excluding steroid dienone is 4. The summed E-state index contributed by atoms with van der Waals surface area (Å²) in [5, 5.41) is 0. The Balaban J connectivity index is 2.88. The quantitative estimate of drug-likeness (QED) is 0.544. The number of aliphatic imine (C=N–C) groups is 1. The van der Waals surface area contributed by atoms with Crippen LogP contribution in [0.4, 0.5) is 0 Å². The fraction of sp³-hybridized carbons (Fsp3) is 0.286. The van der Waals surface area contributed by atoms with Crippen LogP contribution in [0.1, 0.15) is 26.0 Å². The first-order valence-electron chi connectivity index (χ1n) is 5.63. The second kappa shape index (κ2) is 7.57. The van der Waals surface area contributed by atoms with Crippen LogP contribution in [0.2, 0.25) is 0 Å². The molecular formula is C14H18N2. The van der Waals surface area contributed by atoms with E-state index in [1.165, 1.54) is 0 Å². The molecule has 0 amide bonds. The van der Waals surface area contributed by atoms with E-state index >= 15 is 0 Å². The van der Waals surface area contributed by atoms with Crippen LogP contribution >= 0.6 is 0 Å². The highest BCUT2D eigenvalue weighted by molar-refractivity contribution is 6.07. The molecule has 1 rings (SSSR count). The molecule has 2 nitrogen and oxygen atoms in total. The minimum Gasteiger partial charge on any atom is -0.283 e. The molecule has 0 fully saturated rings. The van der Waals surface area contributed by atoms with Gasteiger partial charge in [0.2, 0.25) is 0 Å². The first kappa shape index (κ1) is 12.4. The zero-order chi connectivity index (χ0) is 11.6. The largest absolute Gasteiger partial charge is 0.283 e. The van der Waals surface area contributed by atoms with Crippen molar-refractivity contribution in [3.05, 3.63) is 54.4 Å². The molecule has 2 heteroatoms. The maximum atomic E-state index is 4.52. The molecule has 0 bridgehead atoms. The number of hydrogen-bond donors (Lipinski definition) is 0. The molecule has 0 aliphatic rings. The van der Waals surface area contributed by atoms with Crippen molar-refractivity contribution in [2.45, 2.75) is 20.3 Å². The minimum absolute atomic E-state index is 0.839. The molecule has 0 aliphatic heterocycles. The van der Waals surface area contributed by atoms with Crippen molar-refractivity contribution in [2.75, 3.05) is 6.54 Å². The van der Waals surface area contributed by atoms with Crippen molar-refractivity contribution < 1.29 is 0 Å². The van der Waals surface area contributed by atoms with Crippen LogP contribution in [-0.2, 0) is 0 Å². The maximum Gasteiger partial charge on any atom is 0.0881 e. The molecule has 1 aromatic rings. The summed E-state index contributed by atoms with van der Waals surface area (Å²) in [6.45, 7) is 4.95. The van der Waals surface area contributed by atoms with Crippen molar-refractivity contribution in [2.24, 2.45) is 4.99 Å². The summed E-state index contributed by atoms with van der Waals surface area (Å²) >= 11 is 0. The molecule has 84 valence electrons. The zero-order valence-electron chi connectivity index (χ0n) is 9.93. The number of rotatable bonds is 5. The van der Waals surface area contributed by atoms with Gasteiger partial charge in [-0.25, -0.2) is 0 Å². The van der Waals surface area contributed by atoms with Gasteiger partial charge in [0.1, 0.15) is 0 Å². The molecule has 0 saturated heterocycles. The predicted molar refractivity (Wildman–Crippen MR) is 69.9 cm³/mol. The SMILES string of the molecule is C/C=C\C=C/C(=NCCC)c1ccccn1. The van der Waals surface area contributed by atoms with Gasteiger partial charge < -0.3 is 0 Å². The van der Waals surface area contributed by atoms with Crippen molar-refractivity contribution in [1.29, 1.82) is 0 Å². The van der Waals surface area contributed by atoms with Gasteiger partial charge in [-0.05, 0) is 31.6 Å². The van der Waals surface area contributed by atoms with Crippen molar-refractivity contribution in [3.8, 4) is 0 Å². The molecule has 0 aromatic carbocycles. The van der Waals surface area contributed by atoms with Crippen molar-refractivity contribution in [3.63, 3.8) is 0 Å². The van der Waals surface area contributed by atoms with E-state index in [2.05, 4.69) is 16.9 Å². The molecule has 16 heavy (non-hydrogen) atoms. The summed E-state index contributed by atoms with van der Waals surface area (Å²) < 4.78 is 0. The van der Waals surface area contributed by atoms with E-state index in [0.29, 0.717) is 0 Å². The summed E-state index contributed by atoms with van der Waals surface area (Å²) in [7, 11) is 0. The van der Waals surface area contributed by atoms with Crippen LogP contribution in [0.3, 0.4) is 0 Å². The number of nitrogens with zero attached hydrogens (tertiary/aromatic N) is 2. The third kappa shape index (κ3) is 4.22. The van der Waals surface area contributed by atoms with Gasteiger partial charge in [0.05, 0.1) is 11.4 Å². The van der Waals surface area contributed by atoms with Crippen LogP contribution in [0.15, 0.2) is 53.7 Å². The smallest absolute Gasteiger partial charge is 0.0881 e. The van der Waals surface area contributed by atoms with E-state index in [1.807, 2.05) is 49.4 Å². The van der Waals surface area contributed by atoms with Gasteiger partial charge in [-0.3, -0.25) is 9.98 Å². The third-order valence-electron chi connectivity index (χ3n) is 1.99. The average molecular weight is 214 g/mol. The summed E-state index contributed by atoms with van der Waals surface area (Å²) in [6, 6.07) is 5.87. The van der Waals surface area contributed by atoms with E-state index < -0.39 is 0 Å². The van der Waals surface area contributed by atoms with Crippen LogP contribution < -0.4 is 0 Å². The molecule has 1 aromatic heterocycles. The monoisotopic (exact) mass is 214 g/mol. The van der Waals surface area contributed by atoms with Gasteiger partial charge in [-0.15, -0.1) is 0 Å². The molecule has 1 heterocycles. The Morgan fingerprint density at radius 3 is 2.88 bits per heavy atom. The van der Waals surface area contributed by atoms with E-state index in [9.17, 15) is 0 Å². The Morgan fingerprint density at radius 1 is 1.38 bits per heavy atom. The Morgan fingerprint density at radius 2 is 2.25 bits per heavy atom. The van der Waals surface area contributed by atoms with E-state index in [4.69, 9.17) is 0 Å². The lowest BCUT2D eigenvalue weighted by Crippen LogP contribution is -2.00. The molecular weight excluding hydrogens is 196 g/mol. The second-order valence-corrected chi connectivity index (χ2v) is 3.37. The fourth-order valence-corrected chi connectivity index (χ4v) is 1.22. The summed E-state index contributed by atoms with van der Waals surface area (Å²) in [5.41, 5.74) is 1.87. The standard InChI is InChI=1S/C14H18N2/c1-3-5-6-9-13(15-11-4-2)14-10-7-8-12-16-14/h3,5-10,12H,4,11H2,1-2H3/b5-3-,9-6-,15-13?. The Labute approximate surface area is 97.5 Å². The lowest BCUT2D eigenvalue weighted by Gasteiger charge is -1.99. The molecule has 0 spiro atoms. The van der Waals surface area contributed by atoms with E-state index in [1.54, 1.807) is 6.20 Å². The van der Waals surface area contributed by atoms with E-state index in [-0.39, 0.29) is 0 Å². The van der Waals surface area contributed by atoms with E-state index in [0.717, 1.165) is 24.4 Å². The van der Waals surface area contributed by atoms with Crippen molar-refractivity contribution in [1.82, 2.24) is 4.98 Å². The maximum absolute atomic E-state index is 4.52. The number of aromatic nitrogens is 1. The minimum atomic E-state index is 0.839. The van der Waals surface area contributed by atoms with Crippen LogP contribution in [0.5, 0.6) is 0 Å². The highest BCUT2D eigenvalue weighted by atomic mass is 14.8. The lowest BCUT2D eigenvalue weighted by atomic mass is 10.2. The molecule has 0 radical (unpaired) electrons. The highest BCUT2D eigenvalue weighted by Gasteiger charge is 1.98. The topological polar surface area (TPSA) is 25.2 Å². The molecule has 0 aliphatic carbocycles. The summed E-state index contributed by atoms with van der Waals surface area (Å²) in [4.78, 5) is 8.82. The molecule has 0 atom stereocenters. The lowest BCUT2D eigenvalue weighted by molar-refractivity contribution is 0.932. The highest BCUT2D eigenvalue weighted by Crippen LogP contribution is 2.00. The zero-order valence-corrected chi connectivity index (χ0v) is 9.93. The molecule has 0 saturated carbocycles. The second-order valence-electron chi connectivity index (χ2n) is 3.37. The van der Waals surface area contributed by atoms with Crippen LogP contribution in [-0.4, -0.2) is 17.2 Å². The van der Waals surface area contributed by atoms with Gasteiger partial charge in [0, 0.05) is 12.7 Å². The normalized spacial score (nSPS) is 12.8. The van der Waals surface area contributed by atoms with Gasteiger partial charge in [-0.1, -0.05) is 31.2 Å². The third-order valence-corrected chi connectivity index (χ3v) is 1.99. The van der Waals surface area contributed by atoms with Gasteiger partial charge in [-0.2, -0.15) is 0 Å². The van der Waals surface area contributed by atoms with Gasteiger partial charge in [0.15, 0.2) is 0 Å². The van der Waals surface area contributed by atoms with Crippen LogP contribution in [0, 0.1) is 0 Å². The Kier molecular flexibility index (Phi) is 5.86. The predicted octanol–water partition coefficient (Wildman–Crippen LogP) is 3.41. The molecule has 0 unspecified atom stereocenters. The van der Waals surface area contributed by atoms with Crippen LogP contribution in [0.25, 0.3) is 0 Å². The Hall–Kier alpha value is -1.70. The summed E-state index contributed by atoms with van der Waals surface area (Å²) in [5.74, 6) is 0. The first-order valence-corrected chi connectivity index (χ1v) is 5.63. The number of hydrogen-bond acceptors (Lipinski definition) is 2. The first-order chi connectivity index (χ1) is 7.88. The summed E-state index contributed by atoms with van der Waals surface area (Å²) in [6.07, 6.45) is 10.8. The average Bonchev–Trinajstić information content (AvgIpc) is 2.35. The van der Waals surface area contributed by atoms with Gasteiger partial charge >= 0.3 is 0 Å². The fourth-order valence-electron chi connectivity index (χ4n) is 1.22. The Bertz CT molecular complexity index is 375.